The molecule has 152 valence electrons. The summed E-state index contributed by atoms with van der Waals surface area (Å²) in [4.78, 5) is 12.2. The molecule has 0 aliphatic carbocycles. The van der Waals surface area contributed by atoms with Crippen LogP contribution in [0.2, 0.25) is 0 Å². The van der Waals surface area contributed by atoms with E-state index in [0.717, 1.165) is 16.7 Å². The molecule has 0 saturated carbocycles. The fourth-order valence-corrected chi connectivity index (χ4v) is 2.88. The molecule has 0 radical (unpaired) electrons. The third-order valence-electron chi connectivity index (χ3n) is 4.48. The number of amides is 1. The summed E-state index contributed by atoms with van der Waals surface area (Å²) in [6.45, 7) is 12.6. The van der Waals surface area contributed by atoms with Gasteiger partial charge >= 0.3 is 0 Å². The van der Waals surface area contributed by atoms with Crippen molar-refractivity contribution in [2.24, 2.45) is 0 Å². The van der Waals surface area contributed by atoms with Gasteiger partial charge < -0.3 is 20.3 Å². The molecular formula is C23H31NO4. The van der Waals surface area contributed by atoms with E-state index in [-0.39, 0.29) is 29.1 Å². The van der Waals surface area contributed by atoms with Gasteiger partial charge in [-0.05, 0) is 63.9 Å². The second-order valence-corrected chi connectivity index (χ2v) is 9.10. The maximum atomic E-state index is 12.2. The first-order chi connectivity index (χ1) is 12.9. The third-order valence-corrected chi connectivity index (χ3v) is 4.48. The fraction of sp³-hybridized carbons (Fsp3) is 0.435. The minimum absolute atomic E-state index is 0.110. The Morgan fingerprint density at radius 3 is 1.89 bits per heavy atom. The van der Waals surface area contributed by atoms with Crippen molar-refractivity contribution in [2.45, 2.75) is 58.9 Å². The predicted octanol–water partition coefficient (Wildman–Crippen LogP) is 4.39. The van der Waals surface area contributed by atoms with E-state index in [0.29, 0.717) is 18.0 Å². The van der Waals surface area contributed by atoms with Crippen molar-refractivity contribution in [3.63, 3.8) is 0 Å². The fourth-order valence-electron chi connectivity index (χ4n) is 2.88. The first kappa shape index (κ1) is 21.6. The van der Waals surface area contributed by atoms with Crippen LogP contribution in [0.3, 0.4) is 0 Å². The highest BCUT2D eigenvalue weighted by molar-refractivity contribution is 5.77. The van der Waals surface area contributed by atoms with Gasteiger partial charge in [0.05, 0.1) is 0 Å². The molecule has 0 unspecified atom stereocenters. The van der Waals surface area contributed by atoms with Gasteiger partial charge in [-0.2, -0.15) is 0 Å². The zero-order valence-corrected chi connectivity index (χ0v) is 17.6. The van der Waals surface area contributed by atoms with Gasteiger partial charge in [-0.1, -0.05) is 41.5 Å². The molecular weight excluding hydrogens is 354 g/mol. The number of aromatic hydroxyl groups is 2. The minimum Gasteiger partial charge on any atom is -0.508 e. The SMILES string of the molecule is CC(C)(C)c1cc(CNC(=O)COc2ccc(O)cc2)cc(C(C)(C)C)c1O. The Labute approximate surface area is 167 Å². The average Bonchev–Trinajstić information content (AvgIpc) is 2.58. The van der Waals surface area contributed by atoms with E-state index in [2.05, 4.69) is 46.9 Å². The molecule has 5 nitrogen and oxygen atoms in total. The van der Waals surface area contributed by atoms with Gasteiger partial charge in [0, 0.05) is 6.54 Å². The summed E-state index contributed by atoms with van der Waals surface area (Å²) in [6.07, 6.45) is 0. The first-order valence-electron chi connectivity index (χ1n) is 9.43. The Bertz CT molecular complexity index is 792. The highest BCUT2D eigenvalue weighted by atomic mass is 16.5. The summed E-state index contributed by atoms with van der Waals surface area (Å²) in [7, 11) is 0. The lowest BCUT2D eigenvalue weighted by Crippen LogP contribution is -2.29. The molecule has 0 spiro atoms. The Hall–Kier alpha value is -2.69. The van der Waals surface area contributed by atoms with Crippen molar-refractivity contribution in [3.05, 3.63) is 53.1 Å². The van der Waals surface area contributed by atoms with Crippen LogP contribution in [0.25, 0.3) is 0 Å². The summed E-state index contributed by atoms with van der Waals surface area (Å²) in [5.74, 6) is 0.748. The second-order valence-electron chi connectivity index (χ2n) is 9.10. The Morgan fingerprint density at radius 1 is 0.929 bits per heavy atom. The maximum Gasteiger partial charge on any atom is 0.258 e. The summed E-state index contributed by atoms with van der Waals surface area (Å²) in [5.41, 5.74) is 2.23. The summed E-state index contributed by atoms with van der Waals surface area (Å²) < 4.78 is 5.42. The van der Waals surface area contributed by atoms with E-state index in [1.165, 1.54) is 12.1 Å². The molecule has 0 bridgehead atoms. The third kappa shape index (κ3) is 5.65. The molecule has 2 rings (SSSR count). The zero-order chi connectivity index (χ0) is 21.1. The quantitative estimate of drug-likeness (QED) is 0.713. The maximum absolute atomic E-state index is 12.2. The molecule has 0 saturated heterocycles. The van der Waals surface area contributed by atoms with Gasteiger partial charge in [0.15, 0.2) is 6.61 Å². The van der Waals surface area contributed by atoms with Crippen molar-refractivity contribution in [2.75, 3.05) is 6.61 Å². The van der Waals surface area contributed by atoms with Crippen LogP contribution in [0.15, 0.2) is 36.4 Å². The lowest BCUT2D eigenvalue weighted by molar-refractivity contribution is -0.123. The van der Waals surface area contributed by atoms with Crippen LogP contribution in [0.4, 0.5) is 0 Å². The van der Waals surface area contributed by atoms with E-state index in [1.807, 2.05) is 12.1 Å². The average molecular weight is 386 g/mol. The Kier molecular flexibility index (Phi) is 6.27. The van der Waals surface area contributed by atoms with Crippen molar-refractivity contribution in [1.29, 1.82) is 0 Å². The number of carbonyl (C=O) groups excluding carboxylic acids is 1. The molecule has 0 atom stereocenters. The Morgan fingerprint density at radius 2 is 1.43 bits per heavy atom. The smallest absolute Gasteiger partial charge is 0.258 e. The number of rotatable bonds is 5. The normalized spacial score (nSPS) is 11.9. The van der Waals surface area contributed by atoms with Gasteiger partial charge in [-0.3, -0.25) is 4.79 Å². The van der Waals surface area contributed by atoms with E-state index >= 15 is 0 Å². The van der Waals surface area contributed by atoms with Crippen LogP contribution < -0.4 is 10.1 Å². The molecule has 28 heavy (non-hydrogen) atoms. The highest BCUT2D eigenvalue weighted by Gasteiger charge is 2.26. The molecule has 2 aromatic rings. The number of carbonyl (C=O) groups is 1. The number of phenolic OH excluding ortho intramolecular Hbond substituents is 2. The minimum atomic E-state index is -0.240. The summed E-state index contributed by atoms with van der Waals surface area (Å²) in [5, 5.41) is 22.9. The van der Waals surface area contributed by atoms with Crippen LogP contribution >= 0.6 is 0 Å². The van der Waals surface area contributed by atoms with Crippen LogP contribution in [-0.2, 0) is 22.2 Å². The zero-order valence-electron chi connectivity index (χ0n) is 17.6. The van der Waals surface area contributed by atoms with Crippen molar-refractivity contribution in [1.82, 2.24) is 5.32 Å². The Balaban J connectivity index is 2.10. The number of benzene rings is 2. The van der Waals surface area contributed by atoms with Gasteiger partial charge in [-0.15, -0.1) is 0 Å². The molecule has 2 aromatic carbocycles. The summed E-state index contributed by atoms with van der Waals surface area (Å²) >= 11 is 0. The van der Waals surface area contributed by atoms with Crippen LogP contribution in [0.5, 0.6) is 17.2 Å². The lowest BCUT2D eigenvalue weighted by atomic mass is 9.78. The topological polar surface area (TPSA) is 78.8 Å². The van der Waals surface area contributed by atoms with Gasteiger partial charge in [-0.25, -0.2) is 0 Å². The monoisotopic (exact) mass is 385 g/mol. The molecule has 0 fully saturated rings. The molecule has 0 aliphatic rings. The van der Waals surface area contributed by atoms with E-state index in [4.69, 9.17) is 4.74 Å². The molecule has 0 aromatic heterocycles. The molecule has 0 aliphatic heterocycles. The van der Waals surface area contributed by atoms with Crippen LogP contribution in [0.1, 0.15) is 58.2 Å². The standard InChI is InChI=1S/C23H31NO4/c1-22(2,3)18-11-15(12-19(21(18)27)23(4,5)6)13-24-20(26)14-28-17-9-7-16(25)8-10-17/h7-12,25,27H,13-14H2,1-6H3,(H,24,26). The summed E-state index contributed by atoms with van der Waals surface area (Å²) in [6, 6.07) is 10.1. The highest BCUT2D eigenvalue weighted by Crippen LogP contribution is 2.39. The molecule has 5 heteroatoms. The molecule has 1 amide bonds. The number of hydrogen-bond donors (Lipinski definition) is 3. The van der Waals surface area contributed by atoms with E-state index < -0.39 is 0 Å². The number of hydrogen-bond acceptors (Lipinski definition) is 4. The van der Waals surface area contributed by atoms with Crippen LogP contribution in [0, 0.1) is 0 Å². The van der Waals surface area contributed by atoms with Crippen molar-refractivity contribution in [3.8, 4) is 17.2 Å². The van der Waals surface area contributed by atoms with Crippen molar-refractivity contribution < 1.29 is 19.7 Å². The van der Waals surface area contributed by atoms with Gasteiger partial charge in [0.2, 0.25) is 0 Å². The van der Waals surface area contributed by atoms with E-state index in [9.17, 15) is 15.0 Å². The van der Waals surface area contributed by atoms with Gasteiger partial charge in [0.1, 0.15) is 17.2 Å². The van der Waals surface area contributed by atoms with E-state index in [1.54, 1.807) is 12.1 Å². The second kappa shape index (κ2) is 8.13. The lowest BCUT2D eigenvalue weighted by Gasteiger charge is -2.28. The predicted molar refractivity (Wildman–Crippen MR) is 111 cm³/mol. The van der Waals surface area contributed by atoms with Gasteiger partial charge in [0.25, 0.3) is 5.91 Å². The molecule has 3 N–H and O–H groups in total. The molecule has 0 heterocycles. The first-order valence-corrected chi connectivity index (χ1v) is 9.43. The number of nitrogens with one attached hydrogen (secondary N) is 1. The van der Waals surface area contributed by atoms with Crippen molar-refractivity contribution >= 4 is 5.91 Å². The van der Waals surface area contributed by atoms with Crippen LogP contribution in [-0.4, -0.2) is 22.7 Å². The largest absolute Gasteiger partial charge is 0.508 e. The number of ether oxygens (including phenoxy) is 1. The number of phenols is 2.